The molecule has 4 heterocycles. The summed E-state index contributed by atoms with van der Waals surface area (Å²) in [7, 11) is 0. The minimum atomic E-state index is -0.165. The third-order valence-corrected chi connectivity index (χ3v) is 10.5. The van der Waals surface area contributed by atoms with Crippen LogP contribution < -0.4 is 16.0 Å². The van der Waals surface area contributed by atoms with Crippen LogP contribution in [-0.2, 0) is 0 Å². The molecule has 0 spiro atoms. The lowest BCUT2D eigenvalue weighted by Gasteiger charge is -2.39. The number of benzene rings is 7. The van der Waals surface area contributed by atoms with E-state index in [4.69, 9.17) is 8.83 Å². The highest BCUT2D eigenvalue weighted by atomic mass is 16.4. The molecule has 0 aliphatic carbocycles. The minimum absolute atomic E-state index is 0.0964. The van der Waals surface area contributed by atoms with E-state index < -0.39 is 0 Å². The third-order valence-electron chi connectivity index (χ3n) is 10.5. The van der Waals surface area contributed by atoms with Crippen molar-refractivity contribution in [1.82, 2.24) is 20.5 Å². The second kappa shape index (κ2) is 11.2. The third kappa shape index (κ3) is 4.48. The number of hydrogen-bond donors (Lipinski definition) is 3. The van der Waals surface area contributed by atoms with Gasteiger partial charge in [-0.1, -0.05) is 109 Å². The number of nitrogens with zero attached hydrogens (tertiary/aromatic N) is 1. The highest BCUT2D eigenvalue weighted by Crippen LogP contribution is 2.40. The van der Waals surface area contributed by atoms with Gasteiger partial charge in [-0.25, -0.2) is 0 Å². The summed E-state index contributed by atoms with van der Waals surface area (Å²) in [5, 5.41) is 18.4. The van der Waals surface area contributed by atoms with Gasteiger partial charge in [-0.05, 0) is 65.2 Å². The zero-order valence-corrected chi connectivity index (χ0v) is 27.5. The molecule has 0 amide bonds. The quantitative estimate of drug-likeness (QED) is 0.175. The van der Waals surface area contributed by atoms with Gasteiger partial charge in [0.1, 0.15) is 11.2 Å². The van der Waals surface area contributed by atoms with Crippen LogP contribution in [0.15, 0.2) is 167 Å². The average molecular weight is 661 g/mol. The maximum Gasteiger partial charge on any atom is 0.178 e. The number of fused-ring (bicyclic) bond motifs is 10. The molecular weight excluding hydrogens is 629 g/mol. The fourth-order valence-electron chi connectivity index (χ4n) is 8.12. The van der Waals surface area contributed by atoms with Crippen LogP contribution in [0.1, 0.15) is 35.2 Å². The first-order chi connectivity index (χ1) is 25.3. The van der Waals surface area contributed by atoms with Crippen molar-refractivity contribution in [3.63, 3.8) is 0 Å². The van der Waals surface area contributed by atoms with Crippen LogP contribution in [0.25, 0.3) is 71.4 Å². The standard InChI is InChI=1S/C45H32N4O2/c1-2-11-27(12-3-1)43-46-44(28-13-10-14-30(25-28)49-37-18-7-4-15-31(37)32-16-5-8-19-38(32)49)48-45(47-43)29-21-22-34-36-24-23-35-33-17-6-9-20-39(33)50-41(35)42(36)51-40(34)26-29/h1-26,43-48H. The van der Waals surface area contributed by atoms with Gasteiger partial charge in [0.05, 0.1) is 29.5 Å². The predicted octanol–water partition coefficient (Wildman–Crippen LogP) is 10.8. The van der Waals surface area contributed by atoms with Crippen molar-refractivity contribution >= 4 is 65.7 Å². The Morgan fingerprint density at radius 1 is 0.373 bits per heavy atom. The lowest BCUT2D eigenvalue weighted by molar-refractivity contribution is 0.203. The topological polar surface area (TPSA) is 67.3 Å². The second-order valence-corrected chi connectivity index (χ2v) is 13.4. The molecule has 10 aromatic rings. The number of nitrogens with one attached hydrogen (secondary N) is 3. The first-order valence-corrected chi connectivity index (χ1v) is 17.4. The van der Waals surface area contributed by atoms with E-state index >= 15 is 0 Å². The molecule has 1 fully saturated rings. The Kier molecular flexibility index (Phi) is 6.27. The van der Waals surface area contributed by atoms with Gasteiger partial charge in [-0.2, -0.15) is 0 Å². The Hall–Kier alpha value is -6.18. The molecule has 6 heteroatoms. The van der Waals surface area contributed by atoms with Gasteiger partial charge in [-0.15, -0.1) is 0 Å². The Labute approximate surface area is 292 Å². The summed E-state index contributed by atoms with van der Waals surface area (Å²) in [6, 6.07) is 55.7. The van der Waals surface area contributed by atoms with Gasteiger partial charge in [0, 0.05) is 38.0 Å². The predicted molar refractivity (Wildman–Crippen MR) is 206 cm³/mol. The lowest BCUT2D eigenvalue weighted by Crippen LogP contribution is -2.54. The van der Waals surface area contributed by atoms with Gasteiger partial charge >= 0.3 is 0 Å². The van der Waals surface area contributed by atoms with Gasteiger partial charge < -0.3 is 13.4 Å². The average Bonchev–Trinajstić information content (AvgIpc) is 3.87. The molecule has 11 rings (SSSR count). The zero-order chi connectivity index (χ0) is 33.5. The van der Waals surface area contributed by atoms with E-state index in [0.717, 1.165) is 60.7 Å². The minimum Gasteiger partial charge on any atom is -0.452 e. The van der Waals surface area contributed by atoms with E-state index in [-0.39, 0.29) is 18.5 Å². The van der Waals surface area contributed by atoms with E-state index in [1.165, 1.54) is 27.4 Å². The van der Waals surface area contributed by atoms with Gasteiger partial charge in [-0.3, -0.25) is 16.0 Å². The number of aromatic nitrogens is 1. The van der Waals surface area contributed by atoms with Crippen LogP contribution in [0.5, 0.6) is 0 Å². The lowest BCUT2D eigenvalue weighted by atomic mass is 10.0. The van der Waals surface area contributed by atoms with Crippen molar-refractivity contribution in [3.8, 4) is 5.69 Å². The molecule has 3 N–H and O–H groups in total. The number of furan rings is 2. The molecule has 3 unspecified atom stereocenters. The van der Waals surface area contributed by atoms with Crippen LogP contribution in [0, 0.1) is 0 Å². The van der Waals surface area contributed by atoms with Crippen LogP contribution in [0.3, 0.4) is 0 Å². The van der Waals surface area contributed by atoms with Crippen LogP contribution in [0.4, 0.5) is 0 Å². The number of rotatable bonds is 4. The summed E-state index contributed by atoms with van der Waals surface area (Å²) >= 11 is 0. The summed E-state index contributed by atoms with van der Waals surface area (Å²) in [5.74, 6) is 0. The van der Waals surface area contributed by atoms with Crippen molar-refractivity contribution in [2.75, 3.05) is 0 Å². The Morgan fingerprint density at radius 3 is 1.59 bits per heavy atom. The summed E-state index contributed by atoms with van der Waals surface area (Å²) in [4.78, 5) is 0. The van der Waals surface area contributed by atoms with Crippen molar-refractivity contribution in [1.29, 1.82) is 0 Å². The van der Waals surface area contributed by atoms with Crippen molar-refractivity contribution in [3.05, 3.63) is 174 Å². The summed E-state index contributed by atoms with van der Waals surface area (Å²) in [6.45, 7) is 0. The van der Waals surface area contributed by atoms with Crippen LogP contribution in [0.2, 0.25) is 0 Å². The summed E-state index contributed by atoms with van der Waals surface area (Å²) < 4.78 is 15.3. The molecule has 0 bridgehead atoms. The molecule has 6 nitrogen and oxygen atoms in total. The smallest absolute Gasteiger partial charge is 0.178 e. The molecule has 0 saturated carbocycles. The van der Waals surface area contributed by atoms with E-state index in [1.54, 1.807) is 0 Å². The highest BCUT2D eigenvalue weighted by molar-refractivity contribution is 6.18. The maximum absolute atomic E-state index is 6.61. The zero-order valence-electron chi connectivity index (χ0n) is 27.5. The molecular formula is C45H32N4O2. The van der Waals surface area contributed by atoms with Gasteiger partial charge in [0.15, 0.2) is 11.2 Å². The SMILES string of the molecule is c1ccc(C2NC(c3cccc(-n4c5ccccc5c5ccccc54)c3)NC(c3ccc4c(c3)oc3c4ccc4c5ccccc5oc43)N2)cc1. The largest absolute Gasteiger partial charge is 0.452 e. The van der Waals surface area contributed by atoms with E-state index in [1.807, 2.05) is 18.2 Å². The van der Waals surface area contributed by atoms with Crippen molar-refractivity contribution < 1.29 is 8.83 Å². The van der Waals surface area contributed by atoms with E-state index in [0.29, 0.717) is 0 Å². The number of para-hydroxylation sites is 3. The first kappa shape index (κ1) is 28.6. The fourth-order valence-corrected chi connectivity index (χ4v) is 8.12. The molecule has 7 aromatic carbocycles. The summed E-state index contributed by atoms with van der Waals surface area (Å²) in [6.07, 6.45) is -0.404. The highest BCUT2D eigenvalue weighted by Gasteiger charge is 2.30. The van der Waals surface area contributed by atoms with E-state index in [2.05, 4.69) is 160 Å². The molecule has 3 atom stereocenters. The summed E-state index contributed by atoms with van der Waals surface area (Å²) in [5.41, 5.74) is 10.2. The molecule has 244 valence electrons. The number of hydrogen-bond acceptors (Lipinski definition) is 5. The Morgan fingerprint density at radius 2 is 0.882 bits per heavy atom. The molecule has 51 heavy (non-hydrogen) atoms. The normalized spacial score (nSPS) is 18.2. The van der Waals surface area contributed by atoms with Crippen LogP contribution in [-0.4, -0.2) is 4.57 Å². The molecule has 1 aliphatic heterocycles. The van der Waals surface area contributed by atoms with Crippen molar-refractivity contribution in [2.45, 2.75) is 18.5 Å². The van der Waals surface area contributed by atoms with Crippen molar-refractivity contribution in [2.24, 2.45) is 0 Å². The first-order valence-electron chi connectivity index (χ1n) is 17.4. The maximum atomic E-state index is 6.61. The monoisotopic (exact) mass is 660 g/mol. The van der Waals surface area contributed by atoms with Gasteiger partial charge in [0.25, 0.3) is 0 Å². The molecule has 1 saturated heterocycles. The molecule has 3 aromatic heterocycles. The molecule has 0 radical (unpaired) electrons. The van der Waals surface area contributed by atoms with E-state index in [9.17, 15) is 0 Å². The van der Waals surface area contributed by atoms with Gasteiger partial charge in [0.2, 0.25) is 0 Å². The van der Waals surface area contributed by atoms with Crippen LogP contribution >= 0.6 is 0 Å². The second-order valence-electron chi connectivity index (χ2n) is 13.4. The molecule has 1 aliphatic rings. The fraction of sp³-hybridized carbons (Fsp3) is 0.0667. The Balaban J connectivity index is 1.01. The Bertz CT molecular complexity index is 2880.